The molecular weight excluding hydrogens is 218 g/mol. The van der Waals surface area contributed by atoms with E-state index in [2.05, 4.69) is 22.0 Å². The van der Waals surface area contributed by atoms with Crippen molar-refractivity contribution < 1.29 is 4.79 Å². The van der Waals surface area contributed by atoms with Crippen LogP contribution in [0.1, 0.15) is 10.4 Å². The van der Waals surface area contributed by atoms with Gasteiger partial charge in [0.2, 0.25) is 0 Å². The fourth-order valence-corrected chi connectivity index (χ4v) is 1.16. The highest BCUT2D eigenvalue weighted by Gasteiger charge is 2.07. The molecule has 2 nitrogen and oxygen atoms in total. The second-order valence-electron chi connectivity index (χ2n) is 2.62. The third-order valence-corrected chi connectivity index (χ3v) is 1.89. The fourth-order valence-electron chi connectivity index (χ4n) is 0.803. The molecule has 0 unspecified atom stereocenters. The van der Waals surface area contributed by atoms with E-state index in [1.165, 1.54) is 4.90 Å². The van der Waals surface area contributed by atoms with E-state index in [4.69, 9.17) is 0 Å². The van der Waals surface area contributed by atoms with Crippen LogP contribution in [-0.2, 0) is 0 Å². The zero-order valence-corrected chi connectivity index (χ0v) is 8.55. The van der Waals surface area contributed by atoms with Gasteiger partial charge in [0.25, 0.3) is 5.91 Å². The van der Waals surface area contributed by atoms with Crippen LogP contribution in [0.2, 0.25) is 0 Å². The van der Waals surface area contributed by atoms with Crippen LogP contribution in [0.15, 0.2) is 22.7 Å². The lowest BCUT2D eigenvalue weighted by atomic mass is 10.2. The second kappa shape index (κ2) is 3.72. The SMILES string of the molecule is CN(C)C(=O)c1[c]ccc(Br)c1. The minimum atomic E-state index is -0.0312. The van der Waals surface area contributed by atoms with Crippen LogP contribution >= 0.6 is 15.9 Å². The number of rotatable bonds is 1. The number of halogens is 1. The molecule has 3 heteroatoms. The Morgan fingerprint density at radius 1 is 1.58 bits per heavy atom. The van der Waals surface area contributed by atoms with Crippen molar-refractivity contribution in [2.24, 2.45) is 0 Å². The van der Waals surface area contributed by atoms with Crippen molar-refractivity contribution in [3.8, 4) is 0 Å². The smallest absolute Gasteiger partial charge is 0.254 e. The van der Waals surface area contributed by atoms with Crippen molar-refractivity contribution in [1.82, 2.24) is 4.90 Å². The Bertz CT molecular complexity index is 296. The van der Waals surface area contributed by atoms with Gasteiger partial charge in [-0.1, -0.05) is 22.0 Å². The fraction of sp³-hybridized carbons (Fsp3) is 0.222. The van der Waals surface area contributed by atoms with Crippen LogP contribution in [0.5, 0.6) is 0 Å². The number of carbonyl (C=O) groups is 1. The molecular formula is C9H9BrNO. The third-order valence-electron chi connectivity index (χ3n) is 1.40. The molecule has 0 N–H and O–H groups in total. The Morgan fingerprint density at radius 3 is 2.75 bits per heavy atom. The molecule has 0 heterocycles. The molecule has 0 aliphatic heterocycles. The maximum absolute atomic E-state index is 11.4. The molecule has 1 amide bonds. The minimum Gasteiger partial charge on any atom is -0.345 e. The lowest BCUT2D eigenvalue weighted by molar-refractivity contribution is 0.0827. The highest BCUT2D eigenvalue weighted by molar-refractivity contribution is 9.10. The highest BCUT2D eigenvalue weighted by atomic mass is 79.9. The maximum Gasteiger partial charge on any atom is 0.254 e. The van der Waals surface area contributed by atoms with E-state index in [-0.39, 0.29) is 5.91 Å². The Kier molecular flexibility index (Phi) is 2.87. The summed E-state index contributed by atoms with van der Waals surface area (Å²) in [5.41, 5.74) is 0.578. The highest BCUT2D eigenvalue weighted by Crippen LogP contribution is 2.11. The maximum atomic E-state index is 11.4. The van der Waals surface area contributed by atoms with Crippen LogP contribution in [0.3, 0.4) is 0 Å². The molecule has 0 spiro atoms. The van der Waals surface area contributed by atoms with Gasteiger partial charge >= 0.3 is 0 Å². The summed E-state index contributed by atoms with van der Waals surface area (Å²) in [6.07, 6.45) is 0. The van der Waals surface area contributed by atoms with Crippen molar-refractivity contribution in [2.45, 2.75) is 0 Å². The Morgan fingerprint density at radius 2 is 2.25 bits per heavy atom. The number of carbonyl (C=O) groups excluding carboxylic acids is 1. The average molecular weight is 227 g/mol. The number of hydrogen-bond donors (Lipinski definition) is 0. The molecule has 0 saturated heterocycles. The van der Waals surface area contributed by atoms with Gasteiger partial charge in [-0.25, -0.2) is 0 Å². The molecule has 1 aromatic rings. The number of nitrogens with zero attached hydrogens (tertiary/aromatic N) is 1. The first kappa shape index (κ1) is 9.26. The molecule has 0 aliphatic rings. The van der Waals surface area contributed by atoms with E-state index in [1.807, 2.05) is 6.07 Å². The van der Waals surface area contributed by atoms with Gasteiger partial charge in [0, 0.05) is 24.1 Å². The van der Waals surface area contributed by atoms with Crippen LogP contribution in [-0.4, -0.2) is 24.9 Å². The van der Waals surface area contributed by atoms with Crippen LogP contribution in [0, 0.1) is 6.07 Å². The average Bonchev–Trinajstić information content (AvgIpc) is 2.03. The number of amides is 1. The van der Waals surface area contributed by atoms with E-state index in [9.17, 15) is 4.79 Å². The monoisotopic (exact) mass is 226 g/mol. The normalized spacial score (nSPS) is 9.58. The van der Waals surface area contributed by atoms with E-state index in [0.717, 1.165) is 4.47 Å². The topological polar surface area (TPSA) is 20.3 Å². The van der Waals surface area contributed by atoms with E-state index in [1.54, 1.807) is 26.2 Å². The molecule has 63 valence electrons. The second-order valence-corrected chi connectivity index (χ2v) is 3.54. The van der Waals surface area contributed by atoms with Gasteiger partial charge in [-0.15, -0.1) is 0 Å². The van der Waals surface area contributed by atoms with Gasteiger partial charge in [-0.05, 0) is 18.2 Å². The summed E-state index contributed by atoms with van der Waals surface area (Å²) < 4.78 is 0.895. The first-order valence-corrected chi connectivity index (χ1v) is 4.29. The molecule has 0 saturated carbocycles. The largest absolute Gasteiger partial charge is 0.345 e. The molecule has 0 bridgehead atoms. The third kappa shape index (κ3) is 2.08. The minimum absolute atomic E-state index is 0.0312. The lowest BCUT2D eigenvalue weighted by Gasteiger charge is -2.09. The molecule has 1 radical (unpaired) electrons. The first-order valence-electron chi connectivity index (χ1n) is 3.50. The summed E-state index contributed by atoms with van der Waals surface area (Å²) in [6, 6.07) is 8.18. The zero-order valence-electron chi connectivity index (χ0n) is 6.97. The predicted octanol–water partition coefficient (Wildman–Crippen LogP) is 1.95. The van der Waals surface area contributed by atoms with Crippen LogP contribution in [0.4, 0.5) is 0 Å². The summed E-state index contributed by atoms with van der Waals surface area (Å²) >= 11 is 3.29. The van der Waals surface area contributed by atoms with Gasteiger partial charge in [-0.3, -0.25) is 4.79 Å². The van der Waals surface area contributed by atoms with Gasteiger partial charge in [0.15, 0.2) is 0 Å². The van der Waals surface area contributed by atoms with E-state index < -0.39 is 0 Å². The van der Waals surface area contributed by atoms with Gasteiger partial charge in [-0.2, -0.15) is 0 Å². The van der Waals surface area contributed by atoms with Crippen molar-refractivity contribution in [3.63, 3.8) is 0 Å². The predicted molar refractivity (Wildman–Crippen MR) is 51.0 cm³/mol. The lowest BCUT2D eigenvalue weighted by Crippen LogP contribution is -2.21. The van der Waals surface area contributed by atoms with E-state index in [0.29, 0.717) is 5.56 Å². The summed E-state index contributed by atoms with van der Waals surface area (Å²) in [4.78, 5) is 12.9. The molecule has 0 aromatic heterocycles. The van der Waals surface area contributed by atoms with Gasteiger partial charge in [0.05, 0.1) is 0 Å². The number of hydrogen-bond acceptors (Lipinski definition) is 1. The quantitative estimate of drug-likeness (QED) is 0.718. The zero-order chi connectivity index (χ0) is 9.14. The summed E-state index contributed by atoms with van der Waals surface area (Å²) in [5.74, 6) is -0.0312. The van der Waals surface area contributed by atoms with Crippen LogP contribution in [0.25, 0.3) is 0 Å². The van der Waals surface area contributed by atoms with Crippen LogP contribution < -0.4 is 0 Å². The molecule has 0 fully saturated rings. The van der Waals surface area contributed by atoms with Crippen molar-refractivity contribution in [3.05, 3.63) is 34.3 Å². The molecule has 1 rings (SSSR count). The molecule has 12 heavy (non-hydrogen) atoms. The Labute approximate surface area is 80.3 Å². The number of benzene rings is 1. The van der Waals surface area contributed by atoms with Crippen molar-refractivity contribution >= 4 is 21.8 Å². The standard InChI is InChI=1S/C9H9BrNO/c1-11(2)9(12)7-4-3-5-8(10)6-7/h3,5-6H,1-2H3. The van der Waals surface area contributed by atoms with Crippen molar-refractivity contribution in [2.75, 3.05) is 14.1 Å². The van der Waals surface area contributed by atoms with Crippen molar-refractivity contribution in [1.29, 1.82) is 0 Å². The molecule has 0 aliphatic carbocycles. The first-order chi connectivity index (χ1) is 5.61. The molecule has 1 aromatic carbocycles. The van der Waals surface area contributed by atoms with Gasteiger partial charge < -0.3 is 4.90 Å². The summed E-state index contributed by atoms with van der Waals surface area (Å²) in [7, 11) is 3.44. The summed E-state index contributed by atoms with van der Waals surface area (Å²) in [5, 5.41) is 0. The van der Waals surface area contributed by atoms with E-state index >= 15 is 0 Å². The Hall–Kier alpha value is -0.830. The Balaban J connectivity index is 2.96. The summed E-state index contributed by atoms with van der Waals surface area (Å²) in [6.45, 7) is 0. The molecule has 0 atom stereocenters. The van der Waals surface area contributed by atoms with Gasteiger partial charge in [0.1, 0.15) is 0 Å².